The van der Waals surface area contributed by atoms with E-state index in [-0.39, 0.29) is 19.4 Å². The molecule has 0 unspecified atom stereocenters. The quantitative estimate of drug-likeness (QED) is 0.572. The largest absolute Gasteiger partial charge is 0.416 e. The molecule has 5 rings (SSSR count). The maximum absolute atomic E-state index is 12.3. The number of ether oxygens (including phenoxy) is 2. The van der Waals surface area contributed by atoms with Crippen LogP contribution in [0.2, 0.25) is 5.02 Å². The number of fused-ring (bicyclic) bond motifs is 3. The smallest absolute Gasteiger partial charge is 0.309 e. The van der Waals surface area contributed by atoms with E-state index < -0.39 is 17.7 Å². The molecular formula is C23H21ClN2O4S. The van der Waals surface area contributed by atoms with E-state index in [1.54, 1.807) is 23.5 Å². The molecular weight excluding hydrogens is 436 g/mol. The molecule has 0 atom stereocenters. The first-order valence-electron chi connectivity index (χ1n) is 10.1. The average Bonchev–Trinajstić information content (AvgIpc) is 3.10. The van der Waals surface area contributed by atoms with E-state index >= 15 is 0 Å². The number of thiophene rings is 1. The van der Waals surface area contributed by atoms with Crippen molar-refractivity contribution in [1.29, 1.82) is 0 Å². The molecule has 0 bridgehead atoms. The van der Waals surface area contributed by atoms with Gasteiger partial charge in [-0.1, -0.05) is 17.7 Å². The van der Waals surface area contributed by atoms with Crippen molar-refractivity contribution in [3.8, 4) is 0 Å². The molecule has 0 amide bonds. The number of nitrogens with zero attached hydrogens (tertiary/aromatic N) is 1. The highest BCUT2D eigenvalue weighted by Crippen LogP contribution is 2.44. The summed E-state index contributed by atoms with van der Waals surface area (Å²) in [5, 5.41) is 7.04. The van der Waals surface area contributed by atoms with Crippen LogP contribution in [-0.2, 0) is 31.3 Å². The van der Waals surface area contributed by atoms with E-state index in [0.29, 0.717) is 23.6 Å². The number of esters is 2. The Kier molecular flexibility index (Phi) is 5.12. The molecule has 1 N–H and O–H groups in total. The van der Waals surface area contributed by atoms with Crippen molar-refractivity contribution in [2.24, 2.45) is 0 Å². The van der Waals surface area contributed by atoms with Crippen molar-refractivity contribution < 1.29 is 19.1 Å². The van der Waals surface area contributed by atoms with Crippen LogP contribution < -0.4 is 10.2 Å². The van der Waals surface area contributed by atoms with E-state index in [1.807, 2.05) is 13.1 Å². The fourth-order valence-electron chi connectivity index (χ4n) is 4.41. The van der Waals surface area contributed by atoms with Gasteiger partial charge in [0.25, 0.3) is 5.79 Å². The van der Waals surface area contributed by atoms with Crippen molar-refractivity contribution in [2.75, 3.05) is 25.0 Å². The third-order valence-corrected chi connectivity index (χ3v) is 7.00. The number of hydrogen-bond acceptors (Lipinski definition) is 7. The molecule has 0 saturated carbocycles. The van der Waals surface area contributed by atoms with E-state index in [2.05, 4.69) is 33.8 Å². The Bertz CT molecular complexity index is 1170. The van der Waals surface area contributed by atoms with Crippen LogP contribution in [0.3, 0.4) is 0 Å². The van der Waals surface area contributed by atoms with Crippen LogP contribution in [-0.4, -0.2) is 32.1 Å². The minimum absolute atomic E-state index is 0.0103. The van der Waals surface area contributed by atoms with Crippen molar-refractivity contribution in [2.45, 2.75) is 25.0 Å². The molecule has 6 nitrogen and oxygen atoms in total. The van der Waals surface area contributed by atoms with Crippen molar-refractivity contribution in [3.63, 3.8) is 0 Å². The minimum atomic E-state index is -1.49. The highest BCUT2D eigenvalue weighted by molar-refractivity contribution is 7.17. The monoisotopic (exact) mass is 456 g/mol. The standard InChI is InChI=1S/C23H21ClN2O4S/c1-26(18-3-2-4-19-15(18)10-12-31-19)22-14-9-11-25-13-23(16(14)5-6-17(22)24)29-20(27)7-8-21(28)30-23/h2-6,10,12,25H,7-9,11,13H2,1H3. The topological polar surface area (TPSA) is 67.9 Å². The lowest BCUT2D eigenvalue weighted by atomic mass is 9.95. The van der Waals surface area contributed by atoms with E-state index in [4.69, 9.17) is 21.1 Å². The Balaban J connectivity index is 1.70. The fourth-order valence-corrected chi connectivity index (χ4v) is 5.52. The van der Waals surface area contributed by atoms with Crippen LogP contribution in [0, 0.1) is 0 Å². The van der Waals surface area contributed by atoms with Gasteiger partial charge in [0.2, 0.25) is 0 Å². The Morgan fingerprint density at radius 1 is 1.06 bits per heavy atom. The highest BCUT2D eigenvalue weighted by Gasteiger charge is 2.46. The second-order valence-corrected chi connectivity index (χ2v) is 9.07. The van der Waals surface area contributed by atoms with Gasteiger partial charge >= 0.3 is 11.9 Å². The van der Waals surface area contributed by atoms with E-state index in [9.17, 15) is 9.59 Å². The van der Waals surface area contributed by atoms with Gasteiger partial charge in [0.05, 0.1) is 30.1 Å². The zero-order valence-electron chi connectivity index (χ0n) is 16.9. The summed E-state index contributed by atoms with van der Waals surface area (Å²) >= 11 is 8.41. The molecule has 2 aliphatic heterocycles. The van der Waals surface area contributed by atoms with Crippen LogP contribution in [0.25, 0.3) is 10.1 Å². The summed E-state index contributed by atoms with van der Waals surface area (Å²) in [6.45, 7) is 0.829. The van der Waals surface area contributed by atoms with Crippen LogP contribution in [0.1, 0.15) is 24.0 Å². The molecule has 1 spiro atoms. The number of rotatable bonds is 2. The lowest BCUT2D eigenvalue weighted by Crippen LogP contribution is -2.43. The molecule has 1 saturated heterocycles. The van der Waals surface area contributed by atoms with Crippen LogP contribution >= 0.6 is 22.9 Å². The number of nitrogens with one attached hydrogen (secondary N) is 1. The SMILES string of the molecule is CN(c1c(Cl)ccc2c1CCNCC21OC(=O)CCC(=O)O1)c1cccc2sccc12. The Morgan fingerprint density at radius 3 is 2.61 bits per heavy atom. The summed E-state index contributed by atoms with van der Waals surface area (Å²) in [6, 6.07) is 11.9. The second kappa shape index (κ2) is 7.82. The molecule has 0 aliphatic carbocycles. The summed E-state index contributed by atoms with van der Waals surface area (Å²) in [5.41, 5.74) is 3.40. The third-order valence-electron chi connectivity index (χ3n) is 5.81. The van der Waals surface area contributed by atoms with Crippen molar-refractivity contribution >= 4 is 56.3 Å². The zero-order chi connectivity index (χ0) is 21.6. The summed E-state index contributed by atoms with van der Waals surface area (Å²) in [7, 11) is 1.98. The summed E-state index contributed by atoms with van der Waals surface area (Å²) < 4.78 is 12.7. The van der Waals surface area contributed by atoms with Gasteiger partial charge in [0, 0.05) is 28.4 Å². The van der Waals surface area contributed by atoms with Crippen LogP contribution in [0.5, 0.6) is 0 Å². The maximum Gasteiger partial charge on any atom is 0.309 e. The Labute approximate surface area is 188 Å². The van der Waals surface area contributed by atoms with Crippen molar-refractivity contribution in [1.82, 2.24) is 5.32 Å². The normalized spacial score (nSPS) is 18.1. The number of hydrogen-bond donors (Lipinski definition) is 1. The van der Waals surface area contributed by atoms with E-state index in [1.165, 1.54) is 4.70 Å². The molecule has 3 heterocycles. The van der Waals surface area contributed by atoms with Gasteiger partial charge in [-0.05, 0) is 54.2 Å². The van der Waals surface area contributed by atoms with Gasteiger partial charge in [-0.15, -0.1) is 11.3 Å². The molecule has 2 aliphatic rings. The Morgan fingerprint density at radius 2 is 1.84 bits per heavy atom. The number of halogens is 1. The highest BCUT2D eigenvalue weighted by atomic mass is 35.5. The average molecular weight is 457 g/mol. The summed E-state index contributed by atoms with van der Waals surface area (Å²) in [6.07, 6.45) is 0.666. The van der Waals surface area contributed by atoms with Gasteiger partial charge < -0.3 is 19.7 Å². The summed E-state index contributed by atoms with van der Waals surface area (Å²) in [4.78, 5) is 26.7. The second-order valence-electron chi connectivity index (χ2n) is 7.72. The number of anilines is 2. The first kappa shape index (κ1) is 20.3. The molecule has 31 heavy (non-hydrogen) atoms. The first-order chi connectivity index (χ1) is 15.0. The molecule has 1 fully saturated rings. The van der Waals surface area contributed by atoms with Gasteiger partial charge in [0.1, 0.15) is 0 Å². The van der Waals surface area contributed by atoms with Gasteiger partial charge in [-0.2, -0.15) is 0 Å². The zero-order valence-corrected chi connectivity index (χ0v) is 18.5. The van der Waals surface area contributed by atoms with E-state index in [0.717, 1.165) is 22.3 Å². The van der Waals surface area contributed by atoms with Crippen molar-refractivity contribution in [3.05, 3.63) is 57.9 Å². The molecule has 160 valence electrons. The molecule has 3 aromatic rings. The number of benzene rings is 2. The maximum atomic E-state index is 12.3. The molecule has 8 heteroatoms. The minimum Gasteiger partial charge on any atom is -0.416 e. The van der Waals surface area contributed by atoms with Crippen LogP contribution in [0.15, 0.2) is 41.8 Å². The predicted molar refractivity (Wildman–Crippen MR) is 121 cm³/mol. The first-order valence-corrected chi connectivity index (χ1v) is 11.4. The van der Waals surface area contributed by atoms with Crippen LogP contribution in [0.4, 0.5) is 11.4 Å². The Hall–Kier alpha value is -2.61. The lowest BCUT2D eigenvalue weighted by molar-refractivity contribution is -0.225. The van der Waals surface area contributed by atoms with Gasteiger partial charge in [-0.3, -0.25) is 9.59 Å². The summed E-state index contributed by atoms with van der Waals surface area (Å²) in [5.74, 6) is -2.40. The van der Waals surface area contributed by atoms with Gasteiger partial charge in [0.15, 0.2) is 0 Å². The molecule has 0 radical (unpaired) electrons. The molecule has 2 aromatic carbocycles. The molecule has 1 aromatic heterocycles. The number of carbonyl (C=O) groups excluding carboxylic acids is 2. The number of carbonyl (C=O) groups is 2. The van der Waals surface area contributed by atoms with Gasteiger partial charge in [-0.25, -0.2) is 0 Å². The third kappa shape index (κ3) is 3.46. The predicted octanol–water partition coefficient (Wildman–Crippen LogP) is 4.50. The fraction of sp³-hybridized carbons (Fsp3) is 0.304. The lowest BCUT2D eigenvalue weighted by Gasteiger charge is -2.33.